The van der Waals surface area contributed by atoms with Crippen LogP contribution >= 0.6 is 0 Å². The molecule has 4 N–H and O–H groups in total. The maximum atomic E-state index is 9.87. The van der Waals surface area contributed by atoms with E-state index in [4.69, 9.17) is 11.6 Å². The predicted octanol–water partition coefficient (Wildman–Crippen LogP) is -0.791. The molecule has 0 atom stereocenters. The van der Waals surface area contributed by atoms with E-state index in [2.05, 4.69) is 4.99 Å². The summed E-state index contributed by atoms with van der Waals surface area (Å²) in [5.41, 5.74) is 6.00. The van der Waals surface area contributed by atoms with Crippen LogP contribution in [0.2, 0.25) is 0 Å². The molecule has 62 valence electrons. The minimum Gasteiger partial charge on any atom is -0.383 e. The largest absolute Gasteiger partial charge is 0.383 e. The fraction of sp³-hybridized carbons (Fsp3) is 0.333. The van der Waals surface area contributed by atoms with Crippen LogP contribution in [0.5, 0.6) is 0 Å². The Morgan fingerprint density at radius 3 is 2.55 bits per heavy atom. The van der Waals surface area contributed by atoms with E-state index in [1.165, 1.54) is 5.01 Å². The Hall–Kier alpha value is -1.36. The highest BCUT2D eigenvalue weighted by atomic mass is 16.1. The van der Waals surface area contributed by atoms with Gasteiger partial charge in [-0.25, -0.2) is 5.84 Å². The maximum Gasteiger partial charge on any atom is 0.234 e. The summed E-state index contributed by atoms with van der Waals surface area (Å²) in [5, 5.41) is 1.34. The van der Waals surface area contributed by atoms with Crippen LogP contribution in [0.25, 0.3) is 0 Å². The highest BCUT2D eigenvalue weighted by Gasteiger charge is 1.94. The molecule has 11 heavy (non-hydrogen) atoms. The number of hydrogen-bond acceptors (Lipinski definition) is 3. The van der Waals surface area contributed by atoms with Gasteiger partial charge in [-0.1, -0.05) is 0 Å². The molecule has 0 aliphatic carbocycles. The first-order valence-corrected chi connectivity index (χ1v) is 3.01. The first kappa shape index (κ1) is 9.64. The molecular formula is C6H12N4O. The summed E-state index contributed by atoms with van der Waals surface area (Å²) in [6.07, 6.45) is 1.96. The van der Waals surface area contributed by atoms with E-state index in [9.17, 15) is 4.79 Å². The number of hydrogen-bond donors (Lipinski definition) is 2. The molecule has 0 bridgehead atoms. The Morgan fingerprint density at radius 1 is 1.64 bits per heavy atom. The van der Waals surface area contributed by atoms with Crippen LogP contribution in [-0.4, -0.2) is 24.3 Å². The minimum atomic E-state index is 0.178. The molecule has 0 aromatic carbocycles. The molecule has 0 aliphatic rings. The third-order valence-corrected chi connectivity index (χ3v) is 0.993. The predicted molar refractivity (Wildman–Crippen MR) is 43.4 cm³/mol. The van der Waals surface area contributed by atoms with Crippen molar-refractivity contribution in [1.82, 2.24) is 5.01 Å². The Labute approximate surface area is 65.3 Å². The second-order valence-electron chi connectivity index (χ2n) is 2.10. The summed E-state index contributed by atoms with van der Waals surface area (Å²) < 4.78 is 0. The SMILES string of the molecule is CC(=C/N(C)N)/C(N)=N\C=O. The average Bonchev–Trinajstić information content (AvgIpc) is 1.86. The number of hydrazine groups is 1. The van der Waals surface area contributed by atoms with Gasteiger partial charge in [-0.3, -0.25) is 4.79 Å². The number of nitrogens with zero attached hydrogens (tertiary/aromatic N) is 2. The molecule has 0 saturated heterocycles. The van der Waals surface area contributed by atoms with Crippen LogP contribution in [0.3, 0.4) is 0 Å². The van der Waals surface area contributed by atoms with Crippen molar-refractivity contribution in [1.29, 1.82) is 0 Å². The van der Waals surface area contributed by atoms with Gasteiger partial charge in [-0.2, -0.15) is 4.99 Å². The lowest BCUT2D eigenvalue weighted by Crippen LogP contribution is -2.22. The van der Waals surface area contributed by atoms with Crippen LogP contribution in [0.4, 0.5) is 0 Å². The van der Waals surface area contributed by atoms with E-state index in [0.29, 0.717) is 12.0 Å². The highest BCUT2D eigenvalue weighted by molar-refractivity contribution is 5.99. The van der Waals surface area contributed by atoms with Crippen molar-refractivity contribution in [2.24, 2.45) is 16.6 Å². The third kappa shape index (κ3) is 4.10. The van der Waals surface area contributed by atoms with Gasteiger partial charge >= 0.3 is 0 Å². The number of nitrogens with two attached hydrogens (primary N) is 2. The summed E-state index contributed by atoms with van der Waals surface area (Å²) in [6.45, 7) is 1.71. The van der Waals surface area contributed by atoms with Crippen molar-refractivity contribution >= 4 is 12.2 Å². The molecule has 0 rings (SSSR count). The van der Waals surface area contributed by atoms with Crippen molar-refractivity contribution in [2.75, 3.05) is 7.05 Å². The zero-order chi connectivity index (χ0) is 8.85. The minimum absolute atomic E-state index is 0.178. The Bertz CT molecular complexity index is 195. The van der Waals surface area contributed by atoms with Gasteiger partial charge in [0.05, 0.1) is 0 Å². The van der Waals surface area contributed by atoms with Crippen LogP contribution in [0.15, 0.2) is 16.8 Å². The first-order valence-electron chi connectivity index (χ1n) is 3.01. The molecular weight excluding hydrogens is 144 g/mol. The summed E-state index contributed by atoms with van der Waals surface area (Å²) >= 11 is 0. The van der Waals surface area contributed by atoms with Crippen molar-refractivity contribution in [3.63, 3.8) is 0 Å². The molecule has 0 aromatic rings. The van der Waals surface area contributed by atoms with Crippen LogP contribution in [0, 0.1) is 0 Å². The van der Waals surface area contributed by atoms with Crippen LogP contribution < -0.4 is 11.6 Å². The molecule has 1 amide bonds. The van der Waals surface area contributed by atoms with E-state index in [1.807, 2.05) is 0 Å². The van der Waals surface area contributed by atoms with Gasteiger partial charge in [0.25, 0.3) is 0 Å². The summed E-state index contributed by atoms with van der Waals surface area (Å²) in [5.74, 6) is 5.46. The summed E-state index contributed by atoms with van der Waals surface area (Å²) in [6, 6.07) is 0. The molecule has 5 nitrogen and oxygen atoms in total. The maximum absolute atomic E-state index is 9.87. The molecule has 0 heterocycles. The Morgan fingerprint density at radius 2 is 2.18 bits per heavy atom. The smallest absolute Gasteiger partial charge is 0.234 e. The monoisotopic (exact) mass is 156 g/mol. The quantitative estimate of drug-likeness (QED) is 0.184. The summed E-state index contributed by atoms with van der Waals surface area (Å²) in [4.78, 5) is 13.2. The lowest BCUT2D eigenvalue weighted by molar-refractivity contribution is -0.106. The third-order valence-electron chi connectivity index (χ3n) is 0.993. The second kappa shape index (κ2) is 4.45. The number of carbonyl (C=O) groups excluding carboxylic acids is 1. The number of rotatable bonds is 3. The van der Waals surface area contributed by atoms with Crippen LogP contribution in [-0.2, 0) is 4.79 Å². The zero-order valence-corrected chi connectivity index (χ0v) is 6.61. The fourth-order valence-corrected chi connectivity index (χ4v) is 0.530. The highest BCUT2D eigenvalue weighted by Crippen LogP contribution is 1.91. The lowest BCUT2D eigenvalue weighted by atomic mass is 10.3. The molecule has 0 spiro atoms. The van der Waals surface area contributed by atoms with E-state index in [0.717, 1.165) is 0 Å². The molecule has 0 saturated carbocycles. The fourth-order valence-electron chi connectivity index (χ4n) is 0.530. The average molecular weight is 156 g/mol. The van der Waals surface area contributed by atoms with Gasteiger partial charge < -0.3 is 10.7 Å². The summed E-state index contributed by atoms with van der Waals surface area (Å²) in [7, 11) is 1.65. The second-order valence-corrected chi connectivity index (χ2v) is 2.10. The van der Waals surface area contributed by atoms with Gasteiger partial charge in [0.1, 0.15) is 5.84 Å². The molecule has 0 radical (unpaired) electrons. The lowest BCUT2D eigenvalue weighted by Gasteiger charge is -2.06. The van der Waals surface area contributed by atoms with E-state index in [1.54, 1.807) is 20.2 Å². The van der Waals surface area contributed by atoms with Crippen molar-refractivity contribution in [2.45, 2.75) is 6.92 Å². The zero-order valence-electron chi connectivity index (χ0n) is 6.61. The Kier molecular flexibility index (Phi) is 3.90. The number of carbonyl (C=O) groups is 1. The molecule has 0 aliphatic heterocycles. The molecule has 0 unspecified atom stereocenters. The Balaban J connectivity index is 4.34. The van der Waals surface area contributed by atoms with Crippen LogP contribution in [0.1, 0.15) is 6.92 Å². The normalized spacial score (nSPS) is 13.0. The van der Waals surface area contributed by atoms with E-state index >= 15 is 0 Å². The standard InChI is InChI=1S/C6H12N4O/c1-5(3-10(2)8)6(7)9-4-11/h3-4H,8H2,1-2H3,(H2,7,9,11)/b5-3-. The topological polar surface area (TPSA) is 84.7 Å². The molecule has 0 aromatic heterocycles. The van der Waals surface area contributed by atoms with Gasteiger partial charge in [-0.05, 0) is 6.92 Å². The van der Waals surface area contributed by atoms with Gasteiger partial charge in [0.15, 0.2) is 0 Å². The number of aliphatic imine (C=N–C) groups is 1. The van der Waals surface area contributed by atoms with Crippen molar-refractivity contribution in [3.05, 3.63) is 11.8 Å². The van der Waals surface area contributed by atoms with Gasteiger partial charge in [-0.15, -0.1) is 0 Å². The van der Waals surface area contributed by atoms with E-state index in [-0.39, 0.29) is 5.84 Å². The van der Waals surface area contributed by atoms with Crippen molar-refractivity contribution < 1.29 is 4.79 Å². The molecule has 0 fully saturated rings. The first-order chi connectivity index (χ1) is 5.07. The molecule has 5 heteroatoms. The van der Waals surface area contributed by atoms with Gasteiger partial charge in [0.2, 0.25) is 6.41 Å². The number of amides is 1. The van der Waals surface area contributed by atoms with Gasteiger partial charge in [0, 0.05) is 18.8 Å². The number of amidine groups is 1. The van der Waals surface area contributed by atoms with Crippen molar-refractivity contribution in [3.8, 4) is 0 Å². The van der Waals surface area contributed by atoms with E-state index < -0.39 is 0 Å².